The molecule has 0 heterocycles. The number of unbranched alkanes of at least 4 members (excludes halogenated alkanes) is 2. The Balaban J connectivity index is 3.08. The van der Waals surface area contributed by atoms with Crippen molar-refractivity contribution in [2.75, 3.05) is 39.6 Å². The van der Waals surface area contributed by atoms with Gasteiger partial charge in [-0.25, -0.2) is 0 Å². The van der Waals surface area contributed by atoms with Gasteiger partial charge in [0, 0.05) is 19.6 Å². The maximum absolute atomic E-state index is 11.0. The second-order valence-electron chi connectivity index (χ2n) is 5.28. The van der Waals surface area contributed by atoms with Gasteiger partial charge in [0.2, 0.25) is 0 Å². The first-order valence-electron chi connectivity index (χ1n) is 8.39. The molecule has 23 heavy (non-hydrogen) atoms. The van der Waals surface area contributed by atoms with E-state index >= 15 is 0 Å². The first kappa shape index (κ1) is 21.8. The number of ether oxygens (including phenoxy) is 3. The summed E-state index contributed by atoms with van der Waals surface area (Å²) in [5.74, 6) is 0.0963. The molecular weight excluding hydrogens is 292 g/mol. The molecule has 0 rings (SSSR count). The topological polar surface area (TPSA) is 44.8 Å². The lowest BCUT2D eigenvalue weighted by molar-refractivity contribution is -0.114. The summed E-state index contributed by atoms with van der Waals surface area (Å²) >= 11 is 0. The number of hydrogen-bond donors (Lipinski definition) is 0. The first-order chi connectivity index (χ1) is 11.2. The summed E-state index contributed by atoms with van der Waals surface area (Å²) < 4.78 is 16.3. The van der Waals surface area contributed by atoms with Crippen LogP contribution in [0.1, 0.15) is 38.5 Å². The van der Waals surface area contributed by atoms with E-state index < -0.39 is 0 Å². The molecule has 0 atom stereocenters. The van der Waals surface area contributed by atoms with Crippen LogP contribution in [0.4, 0.5) is 0 Å². The summed E-state index contributed by atoms with van der Waals surface area (Å²) in [6.07, 6.45) is 8.57. The van der Waals surface area contributed by atoms with Gasteiger partial charge in [-0.2, -0.15) is 0 Å². The molecule has 0 bridgehead atoms. The minimum Gasteiger partial charge on any atom is -0.379 e. The highest BCUT2D eigenvalue weighted by molar-refractivity contribution is 5.88. The predicted octanol–water partition coefficient (Wildman–Crippen LogP) is 3.87. The van der Waals surface area contributed by atoms with Crippen LogP contribution in [0.3, 0.4) is 0 Å². The average Bonchev–Trinajstić information content (AvgIpc) is 2.57. The first-order valence-corrected chi connectivity index (χ1v) is 8.39. The van der Waals surface area contributed by atoms with Crippen LogP contribution < -0.4 is 0 Å². The Labute approximate surface area is 141 Å². The Morgan fingerprint density at radius 2 is 1.17 bits per heavy atom. The summed E-state index contributed by atoms with van der Waals surface area (Å²) in [5, 5.41) is 0. The number of rotatable bonds is 18. The van der Waals surface area contributed by atoms with Crippen LogP contribution in [-0.2, 0) is 19.0 Å². The van der Waals surface area contributed by atoms with Gasteiger partial charge in [-0.3, -0.25) is 4.79 Å². The number of hydrogen-bond acceptors (Lipinski definition) is 4. The van der Waals surface area contributed by atoms with Crippen LogP contribution in [0.5, 0.6) is 0 Å². The maximum Gasteiger partial charge on any atom is 0.155 e. The van der Waals surface area contributed by atoms with Gasteiger partial charge in [0.1, 0.15) is 0 Å². The zero-order chi connectivity index (χ0) is 17.2. The SMILES string of the molecule is C=CC(=C)CCCCOCCOCCOCCCCC(=O)C=C. The predicted molar refractivity (Wildman–Crippen MR) is 94.7 cm³/mol. The monoisotopic (exact) mass is 324 g/mol. The molecular formula is C19H32O4. The third-order valence-electron chi connectivity index (χ3n) is 3.26. The van der Waals surface area contributed by atoms with Crippen LogP contribution in [0.15, 0.2) is 37.5 Å². The van der Waals surface area contributed by atoms with E-state index in [4.69, 9.17) is 14.2 Å². The quantitative estimate of drug-likeness (QED) is 0.218. The molecule has 0 saturated carbocycles. The van der Waals surface area contributed by atoms with E-state index in [2.05, 4.69) is 19.7 Å². The molecule has 0 aromatic heterocycles. The molecule has 0 spiro atoms. The van der Waals surface area contributed by atoms with Gasteiger partial charge in [0.05, 0.1) is 26.4 Å². The third kappa shape index (κ3) is 17.0. The van der Waals surface area contributed by atoms with Gasteiger partial charge in [-0.15, -0.1) is 0 Å². The van der Waals surface area contributed by atoms with Crippen molar-refractivity contribution >= 4 is 5.78 Å². The van der Waals surface area contributed by atoms with Crippen molar-refractivity contribution in [2.24, 2.45) is 0 Å². The van der Waals surface area contributed by atoms with Crippen molar-refractivity contribution in [3.05, 3.63) is 37.5 Å². The fraction of sp³-hybridized carbons (Fsp3) is 0.632. The van der Waals surface area contributed by atoms with E-state index in [1.807, 2.05) is 0 Å². The lowest BCUT2D eigenvalue weighted by Gasteiger charge is -2.07. The summed E-state index contributed by atoms with van der Waals surface area (Å²) in [4.78, 5) is 11.0. The number of carbonyl (C=O) groups is 1. The van der Waals surface area contributed by atoms with Crippen LogP contribution in [0.25, 0.3) is 0 Å². The Morgan fingerprint density at radius 3 is 1.65 bits per heavy atom. The van der Waals surface area contributed by atoms with E-state index in [0.29, 0.717) is 39.5 Å². The third-order valence-corrected chi connectivity index (χ3v) is 3.26. The van der Waals surface area contributed by atoms with Gasteiger partial charge in [0.25, 0.3) is 0 Å². The molecule has 0 aromatic rings. The molecule has 0 fully saturated rings. The molecule has 0 aliphatic heterocycles. The van der Waals surface area contributed by atoms with Gasteiger partial charge in [0.15, 0.2) is 5.78 Å². The molecule has 0 N–H and O–H groups in total. The minimum atomic E-state index is 0.0963. The molecule has 4 nitrogen and oxygen atoms in total. The van der Waals surface area contributed by atoms with Gasteiger partial charge >= 0.3 is 0 Å². The number of allylic oxidation sites excluding steroid dienone is 3. The molecule has 0 saturated heterocycles. The van der Waals surface area contributed by atoms with Crippen molar-refractivity contribution in [1.82, 2.24) is 0 Å². The maximum atomic E-state index is 11.0. The average molecular weight is 324 g/mol. The highest BCUT2D eigenvalue weighted by Crippen LogP contribution is 2.05. The van der Waals surface area contributed by atoms with Gasteiger partial charge in [-0.1, -0.05) is 31.4 Å². The Bertz CT molecular complexity index is 304. The summed E-state index contributed by atoms with van der Waals surface area (Å²) in [6, 6.07) is 0. The minimum absolute atomic E-state index is 0.0963. The second-order valence-corrected chi connectivity index (χ2v) is 5.28. The van der Waals surface area contributed by atoms with Crippen molar-refractivity contribution in [1.29, 1.82) is 0 Å². The fourth-order valence-electron chi connectivity index (χ4n) is 1.81. The van der Waals surface area contributed by atoms with Crippen LogP contribution in [0, 0.1) is 0 Å². The van der Waals surface area contributed by atoms with Gasteiger partial charge in [-0.05, 0) is 38.2 Å². The largest absolute Gasteiger partial charge is 0.379 e. The van der Waals surface area contributed by atoms with Crippen molar-refractivity contribution in [3.8, 4) is 0 Å². The highest BCUT2D eigenvalue weighted by atomic mass is 16.5. The highest BCUT2D eigenvalue weighted by Gasteiger charge is 1.96. The summed E-state index contributed by atoms with van der Waals surface area (Å²) in [5.41, 5.74) is 1.08. The zero-order valence-corrected chi connectivity index (χ0v) is 14.4. The summed E-state index contributed by atoms with van der Waals surface area (Å²) in [7, 11) is 0. The molecule has 0 unspecified atom stereocenters. The van der Waals surface area contributed by atoms with E-state index in [-0.39, 0.29) is 5.78 Å². The van der Waals surface area contributed by atoms with Crippen molar-refractivity contribution < 1.29 is 19.0 Å². The molecule has 132 valence electrons. The van der Waals surface area contributed by atoms with E-state index in [1.165, 1.54) is 6.08 Å². The normalized spacial score (nSPS) is 10.4. The second kappa shape index (κ2) is 17.1. The zero-order valence-electron chi connectivity index (χ0n) is 14.4. The summed E-state index contributed by atoms with van der Waals surface area (Å²) in [6.45, 7) is 14.8. The van der Waals surface area contributed by atoms with Crippen LogP contribution in [-0.4, -0.2) is 45.4 Å². The standard InChI is InChI=1S/C19H32O4/c1-4-18(3)10-6-8-12-21-14-16-23-17-15-22-13-9-7-11-19(20)5-2/h4-5H,1-3,6-17H2. The van der Waals surface area contributed by atoms with E-state index in [1.54, 1.807) is 6.08 Å². The van der Waals surface area contributed by atoms with E-state index in [0.717, 1.165) is 44.3 Å². The Morgan fingerprint density at radius 1 is 0.696 bits per heavy atom. The molecule has 0 radical (unpaired) electrons. The van der Waals surface area contributed by atoms with E-state index in [9.17, 15) is 4.79 Å². The molecule has 0 amide bonds. The number of ketones is 1. The lowest BCUT2D eigenvalue weighted by Crippen LogP contribution is -2.10. The molecule has 0 aliphatic carbocycles. The Hall–Kier alpha value is -1.23. The molecule has 0 aliphatic rings. The Kier molecular flexibility index (Phi) is 16.2. The molecule has 0 aromatic carbocycles. The smallest absolute Gasteiger partial charge is 0.155 e. The van der Waals surface area contributed by atoms with Gasteiger partial charge < -0.3 is 14.2 Å². The fourth-order valence-corrected chi connectivity index (χ4v) is 1.81. The number of carbonyl (C=O) groups excluding carboxylic acids is 1. The van der Waals surface area contributed by atoms with Crippen molar-refractivity contribution in [3.63, 3.8) is 0 Å². The van der Waals surface area contributed by atoms with Crippen LogP contribution >= 0.6 is 0 Å². The molecule has 4 heteroatoms. The lowest BCUT2D eigenvalue weighted by atomic mass is 10.1. The van der Waals surface area contributed by atoms with Crippen molar-refractivity contribution in [2.45, 2.75) is 38.5 Å². The van der Waals surface area contributed by atoms with Crippen LogP contribution in [0.2, 0.25) is 0 Å².